The lowest BCUT2D eigenvalue weighted by atomic mass is 10.1. The summed E-state index contributed by atoms with van der Waals surface area (Å²) in [5.41, 5.74) is 0.371. The first-order valence-electron chi connectivity index (χ1n) is 9.72. The molecular formula is C21H22ClN3O5S. The van der Waals surface area contributed by atoms with E-state index in [-0.39, 0.29) is 17.8 Å². The zero-order valence-electron chi connectivity index (χ0n) is 16.8. The monoisotopic (exact) mass is 463 g/mol. The number of ether oxygens (including phenoxy) is 1. The van der Waals surface area contributed by atoms with Crippen molar-refractivity contribution in [2.24, 2.45) is 0 Å². The Hall–Kier alpha value is -2.91. The van der Waals surface area contributed by atoms with Crippen molar-refractivity contribution < 1.29 is 19.2 Å². The minimum absolute atomic E-state index is 0.0303. The van der Waals surface area contributed by atoms with Crippen LogP contribution in [-0.4, -0.2) is 47.9 Å². The fourth-order valence-electron chi connectivity index (χ4n) is 3.36. The average Bonchev–Trinajstić information content (AvgIpc) is 3.43. The van der Waals surface area contributed by atoms with E-state index in [2.05, 4.69) is 6.58 Å². The Morgan fingerprint density at radius 3 is 2.65 bits per heavy atom. The molecular weight excluding hydrogens is 442 g/mol. The Morgan fingerprint density at radius 2 is 2.03 bits per heavy atom. The van der Waals surface area contributed by atoms with Gasteiger partial charge in [-0.25, -0.2) is 4.79 Å². The third-order valence-corrected chi connectivity index (χ3v) is 6.07. The maximum absolute atomic E-state index is 12.5. The molecule has 1 aliphatic heterocycles. The molecule has 1 amide bonds. The van der Waals surface area contributed by atoms with Gasteiger partial charge in [0.05, 0.1) is 21.4 Å². The molecule has 10 heteroatoms. The van der Waals surface area contributed by atoms with Crippen LogP contribution in [0.1, 0.15) is 28.1 Å². The number of rotatable bonds is 9. The van der Waals surface area contributed by atoms with Gasteiger partial charge in [-0.3, -0.25) is 14.9 Å². The van der Waals surface area contributed by atoms with E-state index in [1.165, 1.54) is 28.4 Å². The maximum Gasteiger partial charge on any atom is 0.338 e. The SMILES string of the molecule is C=CCN(Cc1ccc(Cl)s1)C(=O)COC(=O)c1ccc(N2CCCC2)c([N+](=O)[O-])c1. The Labute approximate surface area is 188 Å². The number of hydrogen-bond acceptors (Lipinski definition) is 7. The number of benzene rings is 1. The number of amides is 1. The van der Waals surface area contributed by atoms with Gasteiger partial charge in [0.1, 0.15) is 5.69 Å². The van der Waals surface area contributed by atoms with Crippen molar-refractivity contribution >= 4 is 46.2 Å². The molecule has 1 aromatic heterocycles. The lowest BCUT2D eigenvalue weighted by Crippen LogP contribution is -2.34. The predicted molar refractivity (Wildman–Crippen MR) is 120 cm³/mol. The molecule has 164 valence electrons. The average molecular weight is 464 g/mol. The van der Waals surface area contributed by atoms with Crippen LogP contribution in [0.4, 0.5) is 11.4 Å². The fourth-order valence-corrected chi connectivity index (χ4v) is 4.46. The van der Waals surface area contributed by atoms with Gasteiger partial charge < -0.3 is 14.5 Å². The normalized spacial score (nSPS) is 13.1. The van der Waals surface area contributed by atoms with Gasteiger partial charge in [-0.2, -0.15) is 0 Å². The van der Waals surface area contributed by atoms with Gasteiger partial charge in [-0.1, -0.05) is 17.7 Å². The lowest BCUT2D eigenvalue weighted by Gasteiger charge is -2.20. The summed E-state index contributed by atoms with van der Waals surface area (Å²) < 4.78 is 5.75. The van der Waals surface area contributed by atoms with Crippen LogP contribution in [0.5, 0.6) is 0 Å². The first kappa shape index (κ1) is 22.8. The van der Waals surface area contributed by atoms with Gasteiger partial charge in [0.15, 0.2) is 6.61 Å². The van der Waals surface area contributed by atoms with Gasteiger partial charge >= 0.3 is 5.97 Å². The van der Waals surface area contributed by atoms with Gasteiger partial charge in [0.25, 0.3) is 11.6 Å². The summed E-state index contributed by atoms with van der Waals surface area (Å²) in [6, 6.07) is 7.82. The third-order valence-electron chi connectivity index (χ3n) is 4.86. The van der Waals surface area contributed by atoms with Crippen molar-refractivity contribution in [2.75, 3.05) is 31.1 Å². The summed E-state index contributed by atoms with van der Waals surface area (Å²) in [6.07, 6.45) is 3.53. The Balaban J connectivity index is 1.65. The van der Waals surface area contributed by atoms with Crippen molar-refractivity contribution in [2.45, 2.75) is 19.4 Å². The summed E-state index contributed by atoms with van der Waals surface area (Å²) in [4.78, 5) is 40.3. The quantitative estimate of drug-likeness (QED) is 0.238. The number of nitro groups is 1. The first-order valence-corrected chi connectivity index (χ1v) is 10.9. The topological polar surface area (TPSA) is 93.0 Å². The zero-order valence-corrected chi connectivity index (χ0v) is 18.4. The van der Waals surface area contributed by atoms with Crippen molar-refractivity contribution in [1.82, 2.24) is 4.90 Å². The number of nitro benzene ring substituents is 1. The molecule has 2 aromatic rings. The third kappa shape index (κ3) is 5.83. The van der Waals surface area contributed by atoms with E-state index in [0.717, 1.165) is 30.8 Å². The molecule has 0 spiro atoms. The summed E-state index contributed by atoms with van der Waals surface area (Å²) in [6.45, 7) is 5.25. The van der Waals surface area contributed by atoms with E-state index in [0.29, 0.717) is 16.6 Å². The number of hydrogen-bond donors (Lipinski definition) is 0. The zero-order chi connectivity index (χ0) is 22.4. The van der Waals surface area contributed by atoms with Crippen LogP contribution in [0, 0.1) is 10.1 Å². The molecule has 0 atom stereocenters. The van der Waals surface area contributed by atoms with Crippen LogP contribution in [0.25, 0.3) is 0 Å². The maximum atomic E-state index is 12.5. The van der Waals surface area contributed by atoms with E-state index in [9.17, 15) is 19.7 Å². The van der Waals surface area contributed by atoms with Crippen LogP contribution in [0.15, 0.2) is 43.0 Å². The van der Waals surface area contributed by atoms with E-state index >= 15 is 0 Å². The van der Waals surface area contributed by atoms with Gasteiger partial charge in [0, 0.05) is 30.6 Å². The molecule has 0 saturated carbocycles. The first-order chi connectivity index (χ1) is 14.9. The molecule has 8 nitrogen and oxygen atoms in total. The van der Waals surface area contributed by atoms with Crippen LogP contribution in [0.2, 0.25) is 4.34 Å². The second-order valence-corrected chi connectivity index (χ2v) is 8.80. The highest BCUT2D eigenvalue weighted by Gasteiger charge is 2.25. The van der Waals surface area contributed by atoms with Crippen LogP contribution >= 0.6 is 22.9 Å². The van der Waals surface area contributed by atoms with Gasteiger partial charge in [0.2, 0.25) is 0 Å². The van der Waals surface area contributed by atoms with Crippen LogP contribution in [-0.2, 0) is 16.1 Å². The molecule has 0 radical (unpaired) electrons. The van der Waals surface area contributed by atoms with E-state index in [1.54, 1.807) is 18.2 Å². The highest BCUT2D eigenvalue weighted by atomic mass is 35.5. The minimum Gasteiger partial charge on any atom is -0.452 e. The Kier molecular flexibility index (Phi) is 7.64. The highest BCUT2D eigenvalue weighted by molar-refractivity contribution is 7.16. The van der Waals surface area contributed by atoms with Crippen molar-refractivity contribution in [1.29, 1.82) is 0 Å². The largest absolute Gasteiger partial charge is 0.452 e. The molecule has 3 rings (SSSR count). The smallest absolute Gasteiger partial charge is 0.338 e. The van der Waals surface area contributed by atoms with Crippen LogP contribution < -0.4 is 4.90 Å². The molecule has 0 bridgehead atoms. The van der Waals surface area contributed by atoms with E-state index in [1.807, 2.05) is 11.0 Å². The van der Waals surface area contributed by atoms with Gasteiger partial charge in [-0.05, 0) is 37.1 Å². The number of esters is 1. The number of carbonyl (C=O) groups excluding carboxylic acids is 2. The van der Waals surface area contributed by atoms with Gasteiger partial charge in [-0.15, -0.1) is 17.9 Å². The lowest BCUT2D eigenvalue weighted by molar-refractivity contribution is -0.384. The fraction of sp³-hybridized carbons (Fsp3) is 0.333. The summed E-state index contributed by atoms with van der Waals surface area (Å²) in [5.74, 6) is -1.19. The standard InChI is InChI=1S/C21H22ClN3O5S/c1-2-9-24(13-16-6-8-19(22)31-16)20(26)14-30-21(27)15-5-7-17(18(12-15)25(28)29)23-10-3-4-11-23/h2,5-8,12H,1,3-4,9-11,13-14H2. The van der Waals surface area contributed by atoms with Crippen molar-refractivity contribution in [3.63, 3.8) is 0 Å². The number of thiophene rings is 1. The van der Waals surface area contributed by atoms with Crippen molar-refractivity contribution in [3.05, 3.63) is 67.9 Å². The number of halogens is 1. The Morgan fingerprint density at radius 1 is 1.29 bits per heavy atom. The van der Waals surface area contributed by atoms with Crippen LogP contribution in [0.3, 0.4) is 0 Å². The number of carbonyl (C=O) groups is 2. The summed E-state index contributed by atoms with van der Waals surface area (Å²) in [5, 5.41) is 11.5. The molecule has 1 fully saturated rings. The molecule has 1 aliphatic rings. The molecule has 31 heavy (non-hydrogen) atoms. The molecule has 1 saturated heterocycles. The predicted octanol–water partition coefficient (Wildman–Crippen LogP) is 4.28. The number of nitrogens with zero attached hydrogens (tertiary/aromatic N) is 3. The molecule has 0 aliphatic carbocycles. The minimum atomic E-state index is -0.790. The molecule has 0 unspecified atom stereocenters. The second kappa shape index (κ2) is 10.4. The van der Waals surface area contributed by atoms with Crippen molar-refractivity contribution in [3.8, 4) is 0 Å². The van der Waals surface area contributed by atoms with E-state index in [4.69, 9.17) is 16.3 Å². The number of anilines is 1. The Bertz CT molecular complexity index is 987. The van der Waals surface area contributed by atoms with E-state index < -0.39 is 23.4 Å². The second-order valence-electron chi connectivity index (χ2n) is 7.00. The molecule has 1 aromatic carbocycles. The summed E-state index contributed by atoms with van der Waals surface area (Å²) >= 11 is 7.29. The molecule has 2 heterocycles. The highest BCUT2D eigenvalue weighted by Crippen LogP contribution is 2.32. The summed E-state index contributed by atoms with van der Waals surface area (Å²) in [7, 11) is 0. The molecule has 0 N–H and O–H groups in total.